The Morgan fingerprint density at radius 3 is 2.35 bits per heavy atom. The molecule has 1 fully saturated rings. The lowest BCUT2D eigenvalue weighted by molar-refractivity contribution is 0.346. The summed E-state index contributed by atoms with van der Waals surface area (Å²) < 4.78 is 32.1. The van der Waals surface area contributed by atoms with E-state index in [1.54, 1.807) is 23.5 Å². The van der Waals surface area contributed by atoms with Crippen LogP contribution in [0.1, 0.15) is 24.8 Å². The van der Waals surface area contributed by atoms with Gasteiger partial charge in [0.25, 0.3) is 0 Å². The third kappa shape index (κ3) is 4.16. The maximum atomic E-state index is 12.7. The fourth-order valence-corrected chi connectivity index (χ4v) is 4.55. The molecule has 0 saturated carbocycles. The molecule has 0 spiro atoms. The number of anilines is 1. The number of hydrogen-bond donors (Lipinski definition) is 0. The van der Waals surface area contributed by atoms with Crippen LogP contribution in [0.4, 0.5) is 5.82 Å². The molecule has 140 valence electrons. The molecule has 1 aliphatic heterocycles. The van der Waals surface area contributed by atoms with Crippen molar-refractivity contribution < 1.29 is 13.2 Å². The van der Waals surface area contributed by atoms with E-state index in [9.17, 15) is 8.42 Å². The smallest absolute Gasteiger partial charge is 0.244 e. The van der Waals surface area contributed by atoms with Crippen molar-refractivity contribution in [2.24, 2.45) is 0 Å². The van der Waals surface area contributed by atoms with E-state index in [0.29, 0.717) is 19.6 Å². The van der Waals surface area contributed by atoms with Crippen LogP contribution in [-0.2, 0) is 16.6 Å². The van der Waals surface area contributed by atoms with Gasteiger partial charge in [0.15, 0.2) is 0 Å². The molecule has 0 amide bonds. The van der Waals surface area contributed by atoms with Gasteiger partial charge in [-0.3, -0.25) is 0 Å². The van der Waals surface area contributed by atoms with Gasteiger partial charge in [-0.2, -0.15) is 4.31 Å². The Balaban J connectivity index is 1.69. The molecule has 1 aliphatic rings. The van der Waals surface area contributed by atoms with E-state index in [2.05, 4.69) is 4.98 Å². The molecule has 0 atom stereocenters. The summed E-state index contributed by atoms with van der Waals surface area (Å²) >= 11 is 0. The van der Waals surface area contributed by atoms with Crippen LogP contribution >= 0.6 is 0 Å². The molecule has 1 saturated heterocycles. The first-order valence-electron chi connectivity index (χ1n) is 8.81. The van der Waals surface area contributed by atoms with Crippen LogP contribution in [-0.4, -0.2) is 45.0 Å². The van der Waals surface area contributed by atoms with Gasteiger partial charge in [0.1, 0.15) is 16.5 Å². The number of sulfonamides is 1. The Labute approximate surface area is 155 Å². The number of nitrogens with zero attached hydrogens (tertiary/aromatic N) is 3. The molecule has 1 aromatic carbocycles. The zero-order chi connectivity index (χ0) is 18.6. The van der Waals surface area contributed by atoms with Crippen LogP contribution < -0.4 is 9.64 Å². The van der Waals surface area contributed by atoms with Crippen LogP contribution in [0.2, 0.25) is 0 Å². The van der Waals surface area contributed by atoms with Gasteiger partial charge in [0.05, 0.1) is 7.11 Å². The van der Waals surface area contributed by atoms with Crippen molar-refractivity contribution in [2.75, 3.05) is 32.1 Å². The first-order valence-corrected chi connectivity index (χ1v) is 10.2. The normalized spacial score (nSPS) is 15.6. The predicted octanol–water partition coefficient (Wildman–Crippen LogP) is 2.90. The van der Waals surface area contributed by atoms with E-state index in [4.69, 9.17) is 4.74 Å². The number of rotatable bonds is 6. The third-order valence-electron chi connectivity index (χ3n) is 4.64. The van der Waals surface area contributed by atoms with Gasteiger partial charge in [-0.25, -0.2) is 13.4 Å². The molecule has 0 bridgehead atoms. The highest BCUT2D eigenvalue weighted by Gasteiger charge is 2.26. The molecule has 0 radical (unpaired) electrons. The number of pyridine rings is 1. The predicted molar refractivity (Wildman–Crippen MR) is 102 cm³/mol. The van der Waals surface area contributed by atoms with Crippen LogP contribution in [0, 0.1) is 0 Å². The average Bonchev–Trinajstić information content (AvgIpc) is 2.69. The topological polar surface area (TPSA) is 62.7 Å². The van der Waals surface area contributed by atoms with Crippen molar-refractivity contribution in [3.63, 3.8) is 0 Å². The minimum Gasteiger partial charge on any atom is -0.497 e. The summed E-state index contributed by atoms with van der Waals surface area (Å²) in [5.74, 6) is 1.56. The second-order valence-corrected chi connectivity index (χ2v) is 8.46. The summed E-state index contributed by atoms with van der Waals surface area (Å²) in [6, 6.07) is 11.3. The minimum absolute atomic E-state index is 0.265. The Morgan fingerprint density at radius 1 is 1.08 bits per heavy atom. The van der Waals surface area contributed by atoms with E-state index in [0.717, 1.165) is 36.4 Å². The number of aromatic nitrogens is 1. The van der Waals surface area contributed by atoms with E-state index in [-0.39, 0.29) is 4.90 Å². The van der Waals surface area contributed by atoms with Gasteiger partial charge < -0.3 is 9.64 Å². The van der Waals surface area contributed by atoms with Crippen LogP contribution in [0.25, 0.3) is 0 Å². The maximum Gasteiger partial charge on any atom is 0.244 e. The molecular formula is C19H25N3O3S. The second-order valence-electron chi connectivity index (χ2n) is 6.52. The number of hydrogen-bond acceptors (Lipinski definition) is 5. The fourth-order valence-electron chi connectivity index (χ4n) is 3.09. The summed E-state index contributed by atoms with van der Waals surface area (Å²) in [5.41, 5.74) is 1.13. The fraction of sp³-hybridized carbons (Fsp3) is 0.421. The summed E-state index contributed by atoms with van der Waals surface area (Å²) in [6.07, 6.45) is 4.41. The first kappa shape index (κ1) is 18.7. The second kappa shape index (κ2) is 8.05. The van der Waals surface area contributed by atoms with Gasteiger partial charge in [0.2, 0.25) is 10.0 Å². The monoisotopic (exact) mass is 375 g/mol. The zero-order valence-corrected chi connectivity index (χ0v) is 16.1. The molecule has 0 N–H and O–H groups in total. The van der Waals surface area contributed by atoms with E-state index in [1.165, 1.54) is 6.20 Å². The van der Waals surface area contributed by atoms with Crippen molar-refractivity contribution in [1.82, 2.24) is 9.29 Å². The molecule has 2 aromatic rings. The van der Waals surface area contributed by atoms with Crippen LogP contribution in [0.15, 0.2) is 47.5 Å². The van der Waals surface area contributed by atoms with Gasteiger partial charge in [-0.05, 0) is 42.7 Å². The Morgan fingerprint density at radius 2 is 1.77 bits per heavy atom. The van der Waals surface area contributed by atoms with Gasteiger partial charge in [0, 0.05) is 32.9 Å². The molecule has 7 heteroatoms. The Hall–Kier alpha value is -2.12. The minimum atomic E-state index is -3.43. The van der Waals surface area contributed by atoms with Gasteiger partial charge in [-0.1, -0.05) is 18.6 Å². The first-order chi connectivity index (χ1) is 12.5. The van der Waals surface area contributed by atoms with E-state index >= 15 is 0 Å². The summed E-state index contributed by atoms with van der Waals surface area (Å²) in [6.45, 7) is 1.87. The summed E-state index contributed by atoms with van der Waals surface area (Å²) in [4.78, 5) is 6.62. The summed E-state index contributed by atoms with van der Waals surface area (Å²) in [7, 11) is 0.147. The van der Waals surface area contributed by atoms with Crippen LogP contribution in [0.5, 0.6) is 5.75 Å². The third-order valence-corrected chi connectivity index (χ3v) is 6.53. The van der Waals surface area contributed by atoms with Crippen molar-refractivity contribution in [3.8, 4) is 5.75 Å². The van der Waals surface area contributed by atoms with E-state index in [1.807, 2.05) is 36.2 Å². The quantitative estimate of drug-likeness (QED) is 0.777. The number of benzene rings is 1. The van der Waals surface area contributed by atoms with Crippen molar-refractivity contribution in [2.45, 2.75) is 30.7 Å². The van der Waals surface area contributed by atoms with Gasteiger partial charge in [-0.15, -0.1) is 0 Å². The lowest BCUT2D eigenvalue weighted by atomic mass is 10.2. The van der Waals surface area contributed by atoms with Crippen molar-refractivity contribution >= 4 is 15.8 Å². The molecule has 0 aliphatic carbocycles. The highest BCUT2D eigenvalue weighted by atomic mass is 32.2. The molecule has 3 rings (SSSR count). The molecular weight excluding hydrogens is 350 g/mol. The molecule has 0 unspecified atom stereocenters. The Bertz CT molecular complexity index is 814. The SMILES string of the molecule is COc1ccc(CN(C)c2ccc(S(=O)(=O)N3CCCCC3)cn2)cc1. The summed E-state index contributed by atoms with van der Waals surface area (Å²) in [5, 5.41) is 0. The maximum absolute atomic E-state index is 12.7. The lowest BCUT2D eigenvalue weighted by Gasteiger charge is -2.26. The highest BCUT2D eigenvalue weighted by molar-refractivity contribution is 7.89. The molecule has 1 aromatic heterocycles. The zero-order valence-electron chi connectivity index (χ0n) is 15.3. The van der Waals surface area contributed by atoms with E-state index < -0.39 is 10.0 Å². The van der Waals surface area contributed by atoms with Crippen LogP contribution in [0.3, 0.4) is 0 Å². The largest absolute Gasteiger partial charge is 0.497 e. The highest BCUT2D eigenvalue weighted by Crippen LogP contribution is 2.22. The number of methoxy groups -OCH3 is 1. The molecule has 6 nitrogen and oxygen atoms in total. The molecule has 26 heavy (non-hydrogen) atoms. The average molecular weight is 375 g/mol. The number of ether oxygens (including phenoxy) is 1. The molecule has 2 heterocycles. The number of piperidine rings is 1. The standard InChI is InChI=1S/C19H25N3O3S/c1-21(15-16-6-8-17(25-2)9-7-16)19-11-10-18(14-20-19)26(23,24)22-12-4-3-5-13-22/h6-11,14H,3-5,12-13,15H2,1-2H3. The Kier molecular flexibility index (Phi) is 5.78. The van der Waals surface area contributed by atoms with Gasteiger partial charge >= 0.3 is 0 Å². The van der Waals surface area contributed by atoms with Crippen molar-refractivity contribution in [3.05, 3.63) is 48.2 Å². The lowest BCUT2D eigenvalue weighted by Crippen LogP contribution is -2.35. The van der Waals surface area contributed by atoms with Crippen molar-refractivity contribution in [1.29, 1.82) is 0 Å².